The molecule has 1 aliphatic carbocycles. The molecule has 3 aromatic rings. The molecule has 1 unspecified atom stereocenters. The van der Waals surface area contributed by atoms with E-state index in [2.05, 4.69) is 26.7 Å². The highest BCUT2D eigenvalue weighted by molar-refractivity contribution is 5.43. The first-order valence-corrected chi connectivity index (χ1v) is 9.35. The highest BCUT2D eigenvalue weighted by atomic mass is 16.5. The van der Waals surface area contributed by atoms with Crippen molar-refractivity contribution in [1.29, 1.82) is 0 Å². The number of nitrogens with zero attached hydrogens (tertiary/aromatic N) is 6. The minimum atomic E-state index is -0.196. The zero-order chi connectivity index (χ0) is 19.8. The molecule has 2 atom stereocenters. The van der Waals surface area contributed by atoms with Gasteiger partial charge in [-0.3, -0.25) is 14.2 Å². The highest BCUT2D eigenvalue weighted by Crippen LogP contribution is 2.46. The number of hydrogen-bond donors (Lipinski definition) is 1. The van der Waals surface area contributed by atoms with E-state index in [-0.39, 0.29) is 5.56 Å². The van der Waals surface area contributed by atoms with Crippen LogP contribution in [0.2, 0.25) is 0 Å². The molecule has 0 aliphatic heterocycles. The predicted octanol–water partition coefficient (Wildman–Crippen LogP) is 1.35. The molecular weight excluding hydrogens is 358 g/mol. The molecule has 9 heteroatoms. The normalized spacial score (nSPS) is 18.3. The van der Waals surface area contributed by atoms with Crippen molar-refractivity contribution in [3.63, 3.8) is 0 Å². The highest BCUT2D eigenvalue weighted by Gasteiger charge is 2.40. The number of ether oxygens (including phenoxy) is 1. The second-order valence-corrected chi connectivity index (χ2v) is 7.41. The lowest BCUT2D eigenvalue weighted by Gasteiger charge is -2.10. The van der Waals surface area contributed by atoms with Crippen LogP contribution in [-0.2, 0) is 27.7 Å². The van der Waals surface area contributed by atoms with Crippen molar-refractivity contribution in [3.05, 3.63) is 51.8 Å². The van der Waals surface area contributed by atoms with Crippen molar-refractivity contribution < 1.29 is 4.74 Å². The Morgan fingerprint density at radius 2 is 2.00 bits per heavy atom. The van der Waals surface area contributed by atoms with Crippen molar-refractivity contribution in [2.24, 2.45) is 27.1 Å². The van der Waals surface area contributed by atoms with Gasteiger partial charge in [-0.25, -0.2) is 4.68 Å². The smallest absolute Gasteiger partial charge is 0.290 e. The monoisotopic (exact) mass is 383 g/mol. The zero-order valence-corrected chi connectivity index (χ0v) is 16.6. The number of anilines is 1. The van der Waals surface area contributed by atoms with E-state index in [4.69, 9.17) is 4.74 Å². The fraction of sp³-hybridized carbons (Fsp3) is 0.474. The maximum absolute atomic E-state index is 12.4. The summed E-state index contributed by atoms with van der Waals surface area (Å²) in [7, 11) is 5.44. The Bertz CT molecular complexity index is 1030. The van der Waals surface area contributed by atoms with Crippen LogP contribution in [0.4, 0.5) is 5.69 Å². The number of hydrogen-bond acceptors (Lipinski definition) is 6. The molecule has 0 spiro atoms. The molecular formula is C19H25N7O2. The largest absolute Gasteiger partial charge is 0.476 e. The Morgan fingerprint density at radius 3 is 2.68 bits per heavy atom. The Kier molecular flexibility index (Phi) is 4.66. The SMILES string of the molecule is Cc1cc(CNc2cc(OCC3C[C@H]3c3ccn(C)n3)nn(C)c2=O)nn1C. The van der Waals surface area contributed by atoms with E-state index < -0.39 is 0 Å². The third kappa shape index (κ3) is 3.78. The molecule has 9 nitrogen and oxygen atoms in total. The lowest BCUT2D eigenvalue weighted by molar-refractivity contribution is 0.278. The van der Waals surface area contributed by atoms with Gasteiger partial charge in [0.05, 0.1) is 24.5 Å². The van der Waals surface area contributed by atoms with Gasteiger partial charge in [-0.05, 0) is 25.5 Å². The predicted molar refractivity (Wildman–Crippen MR) is 104 cm³/mol. The van der Waals surface area contributed by atoms with Crippen molar-refractivity contribution in [3.8, 4) is 5.88 Å². The summed E-state index contributed by atoms with van der Waals surface area (Å²) in [5.74, 6) is 1.31. The number of aromatic nitrogens is 6. The Labute approximate surface area is 162 Å². The first-order chi connectivity index (χ1) is 13.4. The molecule has 1 saturated carbocycles. The molecule has 0 bridgehead atoms. The molecule has 1 aliphatic rings. The summed E-state index contributed by atoms with van der Waals surface area (Å²) in [6.07, 6.45) is 3.02. The molecule has 3 aromatic heterocycles. The first kappa shape index (κ1) is 18.3. The third-order valence-electron chi connectivity index (χ3n) is 5.15. The zero-order valence-electron chi connectivity index (χ0n) is 16.6. The van der Waals surface area contributed by atoms with Crippen LogP contribution in [-0.4, -0.2) is 35.9 Å². The Balaban J connectivity index is 1.39. The molecule has 1 fully saturated rings. The fourth-order valence-corrected chi connectivity index (χ4v) is 3.30. The number of aryl methyl sites for hydroxylation is 4. The van der Waals surface area contributed by atoms with Gasteiger partial charge in [-0.1, -0.05) is 0 Å². The second-order valence-electron chi connectivity index (χ2n) is 7.41. The lowest BCUT2D eigenvalue weighted by atomic mass is 10.2. The van der Waals surface area contributed by atoms with E-state index in [0.717, 1.165) is 23.5 Å². The van der Waals surface area contributed by atoms with E-state index in [1.807, 2.05) is 42.6 Å². The summed E-state index contributed by atoms with van der Waals surface area (Å²) in [6, 6.07) is 5.70. The van der Waals surface area contributed by atoms with Gasteiger partial charge in [-0.2, -0.15) is 10.2 Å². The van der Waals surface area contributed by atoms with Gasteiger partial charge in [-0.15, -0.1) is 5.10 Å². The van der Waals surface area contributed by atoms with E-state index in [0.29, 0.717) is 36.6 Å². The second kappa shape index (κ2) is 7.14. The van der Waals surface area contributed by atoms with Crippen LogP contribution in [0, 0.1) is 12.8 Å². The maximum Gasteiger partial charge on any atom is 0.290 e. The standard InChI is InChI=1S/C19H25N7O2/c1-12-7-14(21-25(12)3)10-20-17-9-18(23-26(4)19(17)27)28-11-13-8-15(13)16-5-6-24(2)22-16/h5-7,9,13,15,20H,8,10-11H2,1-4H3/t13?,15-/m1/s1. The van der Waals surface area contributed by atoms with Gasteiger partial charge in [0.1, 0.15) is 5.69 Å². The number of rotatable bonds is 7. The maximum atomic E-state index is 12.4. The van der Waals surface area contributed by atoms with Crippen molar-refractivity contribution in [2.45, 2.75) is 25.8 Å². The lowest BCUT2D eigenvalue weighted by Crippen LogP contribution is -2.24. The fourth-order valence-electron chi connectivity index (χ4n) is 3.30. The van der Waals surface area contributed by atoms with Crippen molar-refractivity contribution in [1.82, 2.24) is 29.3 Å². The molecule has 0 radical (unpaired) electrons. The van der Waals surface area contributed by atoms with Gasteiger partial charge in [0, 0.05) is 50.9 Å². The van der Waals surface area contributed by atoms with Crippen LogP contribution in [0.3, 0.4) is 0 Å². The summed E-state index contributed by atoms with van der Waals surface area (Å²) in [6.45, 7) is 3.01. The van der Waals surface area contributed by atoms with Crippen LogP contribution < -0.4 is 15.6 Å². The van der Waals surface area contributed by atoms with Crippen molar-refractivity contribution in [2.75, 3.05) is 11.9 Å². The van der Waals surface area contributed by atoms with E-state index in [1.165, 1.54) is 4.68 Å². The summed E-state index contributed by atoms with van der Waals surface area (Å²) < 4.78 is 10.8. The third-order valence-corrected chi connectivity index (χ3v) is 5.15. The average molecular weight is 383 g/mol. The van der Waals surface area contributed by atoms with Gasteiger partial charge in [0.25, 0.3) is 5.56 Å². The first-order valence-electron chi connectivity index (χ1n) is 9.35. The summed E-state index contributed by atoms with van der Waals surface area (Å²) in [5.41, 5.74) is 3.30. The molecule has 4 rings (SSSR count). The van der Waals surface area contributed by atoms with E-state index >= 15 is 0 Å². The Hall–Kier alpha value is -3.10. The molecule has 148 valence electrons. The molecule has 0 aromatic carbocycles. The Morgan fingerprint density at radius 1 is 1.18 bits per heavy atom. The van der Waals surface area contributed by atoms with Crippen LogP contribution >= 0.6 is 0 Å². The average Bonchev–Trinajstić information content (AvgIpc) is 3.19. The van der Waals surface area contributed by atoms with Gasteiger partial charge in [0.15, 0.2) is 0 Å². The van der Waals surface area contributed by atoms with Gasteiger partial charge < -0.3 is 10.1 Å². The molecule has 0 saturated heterocycles. The quantitative estimate of drug-likeness (QED) is 0.662. The minimum absolute atomic E-state index is 0.196. The van der Waals surface area contributed by atoms with Crippen LogP contribution in [0.1, 0.15) is 29.4 Å². The summed E-state index contributed by atoms with van der Waals surface area (Å²) >= 11 is 0. The summed E-state index contributed by atoms with van der Waals surface area (Å²) in [5, 5.41) is 16.2. The van der Waals surface area contributed by atoms with Crippen molar-refractivity contribution >= 4 is 5.69 Å². The number of nitrogens with one attached hydrogen (secondary N) is 1. The van der Waals surface area contributed by atoms with Gasteiger partial charge >= 0.3 is 0 Å². The summed E-state index contributed by atoms with van der Waals surface area (Å²) in [4.78, 5) is 12.4. The minimum Gasteiger partial charge on any atom is -0.476 e. The van der Waals surface area contributed by atoms with Gasteiger partial charge in [0.2, 0.25) is 5.88 Å². The van der Waals surface area contributed by atoms with Crippen LogP contribution in [0.15, 0.2) is 29.2 Å². The van der Waals surface area contributed by atoms with E-state index in [9.17, 15) is 4.79 Å². The van der Waals surface area contributed by atoms with Crippen LogP contribution in [0.25, 0.3) is 0 Å². The molecule has 3 heterocycles. The molecule has 28 heavy (non-hydrogen) atoms. The topological polar surface area (TPSA) is 91.8 Å². The molecule has 1 N–H and O–H groups in total. The van der Waals surface area contributed by atoms with Crippen LogP contribution in [0.5, 0.6) is 5.88 Å². The molecule has 0 amide bonds. The van der Waals surface area contributed by atoms with E-state index in [1.54, 1.807) is 13.1 Å².